The van der Waals surface area contributed by atoms with Crippen molar-refractivity contribution in [3.05, 3.63) is 69.2 Å². The zero-order valence-electron chi connectivity index (χ0n) is 18.7. The van der Waals surface area contributed by atoms with Gasteiger partial charge in [0.05, 0.1) is 12.2 Å². The number of ether oxygens (including phenoxy) is 1. The number of aliphatic hydroxyl groups is 1. The minimum Gasteiger partial charge on any atom is -0.389 e. The highest BCUT2D eigenvalue weighted by Crippen LogP contribution is 2.41. The van der Waals surface area contributed by atoms with Crippen molar-refractivity contribution in [2.45, 2.75) is 45.3 Å². The SMILES string of the molecule is CC1(C)CN(CCCOCc2ccc(Cl)cc2C(N)=O)CCC1(O)Cc1ccc(Cl)cc1. The Balaban J connectivity index is 1.46. The van der Waals surface area contributed by atoms with E-state index in [2.05, 4.69) is 18.7 Å². The van der Waals surface area contributed by atoms with Crippen LogP contribution in [0.1, 0.15) is 48.2 Å². The number of likely N-dealkylation sites (tertiary alicyclic amines) is 1. The second kappa shape index (κ2) is 10.5. The van der Waals surface area contributed by atoms with Gasteiger partial charge in [0.2, 0.25) is 5.91 Å². The molecule has 5 nitrogen and oxygen atoms in total. The number of nitrogens with zero attached hydrogens (tertiary/aromatic N) is 1. The maximum atomic E-state index is 11.6. The summed E-state index contributed by atoms with van der Waals surface area (Å²) in [7, 11) is 0. The Morgan fingerprint density at radius 2 is 1.84 bits per heavy atom. The molecule has 2 aromatic carbocycles. The van der Waals surface area contributed by atoms with Gasteiger partial charge in [0.25, 0.3) is 0 Å². The summed E-state index contributed by atoms with van der Waals surface area (Å²) >= 11 is 11.9. The smallest absolute Gasteiger partial charge is 0.249 e. The van der Waals surface area contributed by atoms with E-state index in [-0.39, 0.29) is 5.41 Å². The molecule has 1 amide bonds. The third kappa shape index (κ3) is 6.24. The Kier molecular flexibility index (Phi) is 8.23. The number of carbonyl (C=O) groups is 1. The zero-order chi connectivity index (χ0) is 23.4. The maximum absolute atomic E-state index is 11.6. The lowest BCUT2D eigenvalue weighted by molar-refractivity contribution is -0.118. The molecule has 3 rings (SSSR count). The number of amides is 1. The minimum atomic E-state index is -0.756. The van der Waals surface area contributed by atoms with E-state index in [1.807, 2.05) is 24.3 Å². The van der Waals surface area contributed by atoms with E-state index in [1.54, 1.807) is 18.2 Å². The molecule has 3 N–H and O–H groups in total. The molecule has 2 aromatic rings. The molecule has 0 radical (unpaired) electrons. The van der Waals surface area contributed by atoms with Gasteiger partial charge in [-0.2, -0.15) is 0 Å². The summed E-state index contributed by atoms with van der Waals surface area (Å²) in [5.74, 6) is -0.507. The average Bonchev–Trinajstić information content (AvgIpc) is 2.73. The highest BCUT2D eigenvalue weighted by atomic mass is 35.5. The van der Waals surface area contributed by atoms with Crippen molar-refractivity contribution < 1.29 is 14.6 Å². The predicted molar refractivity (Wildman–Crippen MR) is 129 cm³/mol. The number of rotatable bonds is 9. The Hall–Kier alpha value is -1.63. The molecule has 0 spiro atoms. The summed E-state index contributed by atoms with van der Waals surface area (Å²) in [6.07, 6.45) is 2.21. The number of hydrogen-bond donors (Lipinski definition) is 2. The lowest BCUT2D eigenvalue weighted by Gasteiger charge is -2.50. The Bertz CT molecular complexity index is 933. The second-order valence-corrected chi connectivity index (χ2v) is 10.2. The van der Waals surface area contributed by atoms with Gasteiger partial charge < -0.3 is 20.5 Å². The normalized spacial score (nSPS) is 20.9. The molecule has 1 unspecified atom stereocenters. The van der Waals surface area contributed by atoms with Crippen LogP contribution in [0.2, 0.25) is 10.0 Å². The molecule has 0 aliphatic carbocycles. The fourth-order valence-electron chi connectivity index (χ4n) is 4.40. The van der Waals surface area contributed by atoms with Crippen LogP contribution in [-0.2, 0) is 17.8 Å². The van der Waals surface area contributed by atoms with Gasteiger partial charge in [0.15, 0.2) is 0 Å². The first-order valence-corrected chi connectivity index (χ1v) is 11.7. The van der Waals surface area contributed by atoms with Crippen LogP contribution in [0.3, 0.4) is 0 Å². The summed E-state index contributed by atoms with van der Waals surface area (Å²) in [6.45, 7) is 7.73. The third-order valence-corrected chi connectivity index (χ3v) is 6.98. The first-order chi connectivity index (χ1) is 15.1. The fourth-order valence-corrected chi connectivity index (χ4v) is 4.70. The molecule has 32 heavy (non-hydrogen) atoms. The van der Waals surface area contributed by atoms with E-state index in [0.717, 1.165) is 43.6 Å². The van der Waals surface area contributed by atoms with Gasteiger partial charge in [-0.25, -0.2) is 0 Å². The van der Waals surface area contributed by atoms with E-state index < -0.39 is 11.5 Å². The van der Waals surface area contributed by atoms with Crippen LogP contribution in [0.5, 0.6) is 0 Å². The number of hydrogen-bond acceptors (Lipinski definition) is 4. The molecule has 1 aliphatic rings. The molecular weight excluding hydrogens is 447 g/mol. The van der Waals surface area contributed by atoms with Crippen LogP contribution in [-0.4, -0.2) is 47.8 Å². The van der Waals surface area contributed by atoms with Crippen molar-refractivity contribution in [3.8, 4) is 0 Å². The lowest BCUT2D eigenvalue weighted by atomic mass is 9.67. The van der Waals surface area contributed by atoms with Gasteiger partial charge in [-0.05, 0) is 48.2 Å². The van der Waals surface area contributed by atoms with Gasteiger partial charge in [-0.3, -0.25) is 4.79 Å². The van der Waals surface area contributed by atoms with Crippen molar-refractivity contribution in [2.24, 2.45) is 11.1 Å². The highest BCUT2D eigenvalue weighted by Gasteiger charge is 2.47. The van der Waals surface area contributed by atoms with E-state index in [0.29, 0.717) is 35.2 Å². The summed E-state index contributed by atoms with van der Waals surface area (Å²) in [5.41, 5.74) is 6.67. The summed E-state index contributed by atoms with van der Waals surface area (Å²) in [6, 6.07) is 12.8. The summed E-state index contributed by atoms with van der Waals surface area (Å²) < 4.78 is 5.79. The zero-order valence-corrected chi connectivity index (χ0v) is 20.3. The van der Waals surface area contributed by atoms with E-state index in [9.17, 15) is 9.90 Å². The first kappa shape index (κ1) is 25.0. The molecule has 1 fully saturated rings. The Morgan fingerprint density at radius 3 is 2.50 bits per heavy atom. The molecule has 1 aliphatic heterocycles. The maximum Gasteiger partial charge on any atom is 0.249 e. The van der Waals surface area contributed by atoms with Crippen LogP contribution in [0.25, 0.3) is 0 Å². The van der Waals surface area contributed by atoms with Crippen molar-refractivity contribution in [1.29, 1.82) is 0 Å². The molecule has 1 heterocycles. The van der Waals surface area contributed by atoms with Crippen LogP contribution in [0.4, 0.5) is 0 Å². The quantitative estimate of drug-likeness (QED) is 0.511. The van der Waals surface area contributed by atoms with Crippen molar-refractivity contribution in [2.75, 3.05) is 26.2 Å². The van der Waals surface area contributed by atoms with E-state index in [1.165, 1.54) is 0 Å². The number of primary amides is 1. The van der Waals surface area contributed by atoms with Crippen molar-refractivity contribution in [1.82, 2.24) is 4.90 Å². The molecule has 0 bridgehead atoms. The molecule has 0 aromatic heterocycles. The molecule has 1 atom stereocenters. The van der Waals surface area contributed by atoms with Crippen molar-refractivity contribution in [3.63, 3.8) is 0 Å². The Morgan fingerprint density at radius 1 is 1.16 bits per heavy atom. The summed E-state index contributed by atoms with van der Waals surface area (Å²) in [4.78, 5) is 14.0. The molecule has 7 heteroatoms. The van der Waals surface area contributed by atoms with Gasteiger partial charge in [-0.1, -0.05) is 55.2 Å². The van der Waals surface area contributed by atoms with Crippen LogP contribution < -0.4 is 5.73 Å². The molecular formula is C25H32Cl2N2O3. The molecule has 0 saturated carbocycles. The number of halogens is 2. The molecule has 1 saturated heterocycles. The number of piperidine rings is 1. The van der Waals surface area contributed by atoms with Crippen LogP contribution >= 0.6 is 23.2 Å². The highest BCUT2D eigenvalue weighted by molar-refractivity contribution is 6.31. The first-order valence-electron chi connectivity index (χ1n) is 10.9. The second-order valence-electron chi connectivity index (χ2n) is 9.32. The fraction of sp³-hybridized carbons (Fsp3) is 0.480. The van der Waals surface area contributed by atoms with Gasteiger partial charge in [-0.15, -0.1) is 0 Å². The van der Waals surface area contributed by atoms with Crippen molar-refractivity contribution >= 4 is 29.1 Å². The largest absolute Gasteiger partial charge is 0.389 e. The Labute approximate surface area is 200 Å². The lowest BCUT2D eigenvalue weighted by Crippen LogP contribution is -2.58. The topological polar surface area (TPSA) is 75.8 Å². The van der Waals surface area contributed by atoms with Crippen LogP contribution in [0, 0.1) is 5.41 Å². The van der Waals surface area contributed by atoms with Gasteiger partial charge in [0, 0.05) is 53.7 Å². The minimum absolute atomic E-state index is 0.245. The third-order valence-electron chi connectivity index (χ3n) is 6.49. The number of nitrogens with two attached hydrogens (primary N) is 1. The van der Waals surface area contributed by atoms with Gasteiger partial charge >= 0.3 is 0 Å². The molecule has 174 valence electrons. The average molecular weight is 479 g/mol. The van der Waals surface area contributed by atoms with E-state index in [4.69, 9.17) is 33.7 Å². The summed E-state index contributed by atoms with van der Waals surface area (Å²) in [5, 5.41) is 12.6. The van der Waals surface area contributed by atoms with E-state index >= 15 is 0 Å². The monoisotopic (exact) mass is 478 g/mol. The van der Waals surface area contributed by atoms with Gasteiger partial charge in [0.1, 0.15) is 0 Å². The number of carbonyl (C=O) groups excluding carboxylic acids is 1. The van der Waals surface area contributed by atoms with Crippen LogP contribution in [0.15, 0.2) is 42.5 Å². The predicted octanol–water partition coefficient (Wildman–Crippen LogP) is 4.70. The standard InChI is InChI=1S/C25H32Cl2N2O3/c1-24(2)17-29(12-10-25(24,31)15-18-4-7-20(26)8-5-18)11-3-13-32-16-19-6-9-21(27)14-22(19)23(28)30/h4-9,14,31H,3,10-13,15-17H2,1-2H3,(H2,28,30). The number of benzene rings is 2.